The molecule has 0 saturated heterocycles. The monoisotopic (exact) mass is 230 g/mol. The fourth-order valence-corrected chi connectivity index (χ4v) is 1.64. The molecule has 0 aliphatic rings. The number of nitrogens with zero attached hydrogens (tertiary/aromatic N) is 1. The lowest BCUT2D eigenvalue weighted by atomic mass is 10.1. The predicted molar refractivity (Wildman–Crippen MR) is 63.0 cm³/mol. The maximum Gasteiger partial charge on any atom is 0.337 e. The number of rotatable bonds is 2. The molecule has 17 heavy (non-hydrogen) atoms. The molecule has 2 N–H and O–H groups in total. The summed E-state index contributed by atoms with van der Waals surface area (Å²) in [5.74, 6) is -1.40. The van der Waals surface area contributed by atoms with E-state index in [4.69, 9.17) is 5.11 Å². The number of nitrogens with one attached hydrogen (secondary N) is 1. The molecule has 0 spiro atoms. The molecule has 0 saturated carbocycles. The van der Waals surface area contributed by atoms with E-state index in [9.17, 15) is 9.59 Å². The maximum absolute atomic E-state index is 11.1. The lowest BCUT2D eigenvalue weighted by Gasteiger charge is -2.09. The quantitative estimate of drug-likeness (QED) is 0.825. The first kappa shape index (κ1) is 11.1. The third-order valence-corrected chi connectivity index (χ3v) is 2.32. The molecule has 0 bridgehead atoms. The summed E-state index contributed by atoms with van der Waals surface area (Å²) < 4.78 is 0. The van der Waals surface area contributed by atoms with E-state index >= 15 is 0 Å². The molecule has 1 amide bonds. The smallest absolute Gasteiger partial charge is 0.337 e. The van der Waals surface area contributed by atoms with E-state index in [0.29, 0.717) is 10.9 Å². The molecule has 0 fully saturated rings. The van der Waals surface area contributed by atoms with E-state index in [2.05, 4.69) is 10.3 Å². The average molecular weight is 230 g/mol. The Labute approximate surface area is 97.1 Å². The highest BCUT2D eigenvalue weighted by molar-refractivity contribution is 6.09. The van der Waals surface area contributed by atoms with Crippen molar-refractivity contribution in [2.75, 3.05) is 5.32 Å². The van der Waals surface area contributed by atoms with Crippen molar-refractivity contribution in [3.63, 3.8) is 0 Å². The van der Waals surface area contributed by atoms with Gasteiger partial charge in [-0.15, -0.1) is 0 Å². The second-order valence-electron chi connectivity index (χ2n) is 3.54. The minimum absolute atomic E-state index is 0.0562. The van der Waals surface area contributed by atoms with Gasteiger partial charge >= 0.3 is 5.97 Å². The fourth-order valence-electron chi connectivity index (χ4n) is 1.64. The van der Waals surface area contributed by atoms with Crippen LogP contribution in [0.5, 0.6) is 0 Å². The zero-order chi connectivity index (χ0) is 12.4. The number of hydrogen-bond acceptors (Lipinski definition) is 3. The molecular weight excluding hydrogens is 220 g/mol. The van der Waals surface area contributed by atoms with Crippen molar-refractivity contribution in [3.8, 4) is 0 Å². The molecule has 5 heteroatoms. The first-order valence-corrected chi connectivity index (χ1v) is 4.98. The summed E-state index contributed by atoms with van der Waals surface area (Å²) in [5, 5.41) is 12.2. The zero-order valence-corrected chi connectivity index (χ0v) is 9.10. The molecule has 2 aromatic rings. The van der Waals surface area contributed by atoms with Crippen molar-refractivity contribution >= 4 is 28.5 Å². The highest BCUT2D eigenvalue weighted by Gasteiger charge is 2.14. The summed E-state index contributed by atoms with van der Waals surface area (Å²) in [6.45, 7) is 1.33. The van der Waals surface area contributed by atoms with Gasteiger partial charge in [0.25, 0.3) is 0 Å². The number of amides is 1. The topological polar surface area (TPSA) is 79.3 Å². The molecule has 0 atom stereocenters. The van der Waals surface area contributed by atoms with E-state index in [-0.39, 0.29) is 17.2 Å². The fraction of sp³-hybridized carbons (Fsp3) is 0.0833. The standard InChI is InChI=1S/C12H10N2O3/c1-7(15)14-11-8-3-2-6-13-10(8)5-4-9(11)12(16)17/h2-6H,1H3,(H,14,15)(H,16,17). The van der Waals surface area contributed by atoms with Crippen LogP contribution in [-0.2, 0) is 4.79 Å². The van der Waals surface area contributed by atoms with Crippen molar-refractivity contribution in [2.24, 2.45) is 0 Å². The second-order valence-corrected chi connectivity index (χ2v) is 3.54. The third kappa shape index (κ3) is 2.08. The van der Waals surface area contributed by atoms with Crippen molar-refractivity contribution in [1.29, 1.82) is 0 Å². The van der Waals surface area contributed by atoms with E-state index in [0.717, 1.165) is 0 Å². The largest absolute Gasteiger partial charge is 0.478 e. The van der Waals surface area contributed by atoms with Crippen molar-refractivity contribution in [2.45, 2.75) is 6.92 Å². The summed E-state index contributed by atoms with van der Waals surface area (Å²) in [6.07, 6.45) is 1.61. The summed E-state index contributed by atoms with van der Waals surface area (Å²) in [4.78, 5) is 26.3. The Hall–Kier alpha value is -2.43. The number of pyridine rings is 1. The molecule has 1 aromatic heterocycles. The molecule has 5 nitrogen and oxygen atoms in total. The Balaban J connectivity index is 2.74. The van der Waals surface area contributed by atoms with E-state index in [1.807, 2.05) is 0 Å². The summed E-state index contributed by atoms with van der Waals surface area (Å²) in [5.41, 5.74) is 0.984. The number of fused-ring (bicyclic) bond motifs is 1. The first-order chi connectivity index (χ1) is 8.09. The Morgan fingerprint density at radius 3 is 2.71 bits per heavy atom. The van der Waals surface area contributed by atoms with Gasteiger partial charge < -0.3 is 10.4 Å². The number of carboxylic acid groups (broad SMARTS) is 1. The Morgan fingerprint density at radius 2 is 2.06 bits per heavy atom. The van der Waals surface area contributed by atoms with Gasteiger partial charge in [0.05, 0.1) is 16.8 Å². The molecule has 0 aliphatic carbocycles. The highest BCUT2D eigenvalue weighted by atomic mass is 16.4. The van der Waals surface area contributed by atoms with Crippen LogP contribution in [-0.4, -0.2) is 22.0 Å². The van der Waals surface area contributed by atoms with Gasteiger partial charge in [0.1, 0.15) is 0 Å². The molecule has 0 radical (unpaired) electrons. The molecule has 86 valence electrons. The summed E-state index contributed by atoms with van der Waals surface area (Å²) >= 11 is 0. The van der Waals surface area contributed by atoms with Gasteiger partial charge in [-0.05, 0) is 24.3 Å². The molecular formula is C12H10N2O3. The minimum Gasteiger partial charge on any atom is -0.478 e. The number of carbonyl (C=O) groups excluding carboxylic acids is 1. The lowest BCUT2D eigenvalue weighted by Crippen LogP contribution is -2.11. The van der Waals surface area contributed by atoms with Crippen LogP contribution in [0.15, 0.2) is 30.5 Å². The van der Waals surface area contributed by atoms with Gasteiger partial charge in [-0.1, -0.05) is 0 Å². The summed E-state index contributed by atoms with van der Waals surface area (Å²) in [6, 6.07) is 6.46. The second kappa shape index (κ2) is 4.21. The molecule has 0 aliphatic heterocycles. The van der Waals surface area contributed by atoms with E-state index in [1.165, 1.54) is 13.0 Å². The molecule has 0 unspecified atom stereocenters. The summed E-state index contributed by atoms with van der Waals surface area (Å²) in [7, 11) is 0. The van der Waals surface area contributed by atoms with Crippen LogP contribution in [0.1, 0.15) is 17.3 Å². The van der Waals surface area contributed by atoms with Crippen LogP contribution >= 0.6 is 0 Å². The van der Waals surface area contributed by atoms with Crippen LogP contribution in [0.25, 0.3) is 10.9 Å². The number of carbonyl (C=O) groups is 2. The van der Waals surface area contributed by atoms with E-state index in [1.54, 1.807) is 24.4 Å². The molecule has 2 rings (SSSR count). The van der Waals surface area contributed by atoms with Crippen molar-refractivity contribution in [1.82, 2.24) is 4.98 Å². The van der Waals surface area contributed by atoms with Crippen molar-refractivity contribution < 1.29 is 14.7 Å². The maximum atomic E-state index is 11.1. The van der Waals surface area contributed by atoms with Gasteiger partial charge in [0.15, 0.2) is 0 Å². The number of benzene rings is 1. The van der Waals surface area contributed by atoms with Gasteiger partial charge in [-0.25, -0.2) is 4.79 Å². The minimum atomic E-state index is -1.08. The van der Waals surface area contributed by atoms with Crippen LogP contribution in [0.3, 0.4) is 0 Å². The number of aromatic nitrogens is 1. The Kier molecular flexibility index (Phi) is 2.74. The van der Waals surface area contributed by atoms with Gasteiger partial charge in [0, 0.05) is 18.5 Å². The average Bonchev–Trinajstić information content (AvgIpc) is 2.28. The normalized spacial score (nSPS) is 10.2. The van der Waals surface area contributed by atoms with E-state index < -0.39 is 5.97 Å². The molecule has 1 aromatic carbocycles. The number of carboxylic acids is 1. The van der Waals surface area contributed by atoms with Gasteiger partial charge in [-0.3, -0.25) is 9.78 Å². The van der Waals surface area contributed by atoms with Crippen LogP contribution < -0.4 is 5.32 Å². The molecule has 1 heterocycles. The van der Waals surface area contributed by atoms with Crippen LogP contribution in [0.2, 0.25) is 0 Å². The number of hydrogen-bond donors (Lipinski definition) is 2. The highest BCUT2D eigenvalue weighted by Crippen LogP contribution is 2.26. The SMILES string of the molecule is CC(=O)Nc1c(C(=O)O)ccc2ncccc12. The number of anilines is 1. The Morgan fingerprint density at radius 1 is 1.29 bits per heavy atom. The van der Waals surface area contributed by atoms with Gasteiger partial charge in [0.2, 0.25) is 5.91 Å². The predicted octanol–water partition coefficient (Wildman–Crippen LogP) is 1.89. The zero-order valence-electron chi connectivity index (χ0n) is 9.10. The van der Waals surface area contributed by atoms with Gasteiger partial charge in [-0.2, -0.15) is 0 Å². The third-order valence-electron chi connectivity index (χ3n) is 2.32. The number of aromatic carboxylic acids is 1. The first-order valence-electron chi connectivity index (χ1n) is 4.98. The van der Waals surface area contributed by atoms with Crippen LogP contribution in [0, 0.1) is 0 Å². The van der Waals surface area contributed by atoms with Crippen molar-refractivity contribution in [3.05, 3.63) is 36.0 Å². The van der Waals surface area contributed by atoms with Crippen LogP contribution in [0.4, 0.5) is 5.69 Å². The lowest BCUT2D eigenvalue weighted by molar-refractivity contribution is -0.114. The Bertz CT molecular complexity index is 608.